The Morgan fingerprint density at radius 3 is 2.54 bits per heavy atom. The molecule has 24 heavy (non-hydrogen) atoms. The van der Waals surface area contributed by atoms with Gasteiger partial charge in [-0.3, -0.25) is 4.98 Å². The van der Waals surface area contributed by atoms with Gasteiger partial charge in [0.2, 0.25) is 0 Å². The molecule has 0 saturated heterocycles. The summed E-state index contributed by atoms with van der Waals surface area (Å²) in [5.74, 6) is -0.322. The molecule has 0 spiro atoms. The van der Waals surface area contributed by atoms with Gasteiger partial charge >= 0.3 is 5.97 Å². The monoisotopic (exact) mass is 316 g/mol. The van der Waals surface area contributed by atoms with E-state index in [9.17, 15) is 4.79 Å². The molecule has 4 nitrogen and oxygen atoms in total. The number of hydrogen-bond acceptors (Lipinski definition) is 3. The Labute approximate surface area is 139 Å². The van der Waals surface area contributed by atoms with E-state index >= 15 is 0 Å². The van der Waals surface area contributed by atoms with Crippen LogP contribution in [-0.2, 0) is 11.3 Å². The molecule has 2 aromatic heterocycles. The van der Waals surface area contributed by atoms with Gasteiger partial charge in [-0.2, -0.15) is 0 Å². The number of methoxy groups -OCH3 is 1. The zero-order valence-corrected chi connectivity index (χ0v) is 13.3. The predicted molar refractivity (Wildman–Crippen MR) is 94.1 cm³/mol. The maximum Gasteiger partial charge on any atom is 0.337 e. The summed E-state index contributed by atoms with van der Waals surface area (Å²) in [6, 6.07) is 18.0. The van der Waals surface area contributed by atoms with E-state index < -0.39 is 0 Å². The van der Waals surface area contributed by atoms with Crippen LogP contribution in [0.2, 0.25) is 0 Å². The van der Waals surface area contributed by atoms with Crippen LogP contribution in [0.5, 0.6) is 0 Å². The molecule has 0 radical (unpaired) electrons. The molecule has 0 N–H and O–H groups in total. The smallest absolute Gasteiger partial charge is 0.337 e. The number of ether oxygens (including phenoxy) is 1. The molecule has 0 aliphatic carbocycles. The van der Waals surface area contributed by atoms with E-state index in [0.29, 0.717) is 5.56 Å². The topological polar surface area (TPSA) is 44.1 Å². The minimum absolute atomic E-state index is 0.322. The summed E-state index contributed by atoms with van der Waals surface area (Å²) < 4.78 is 7.09. The number of esters is 1. The molecule has 0 saturated carbocycles. The number of carbonyl (C=O) groups excluding carboxylic acids is 1. The third kappa shape index (κ3) is 2.33. The van der Waals surface area contributed by atoms with Gasteiger partial charge in [-0.1, -0.05) is 24.3 Å². The van der Waals surface area contributed by atoms with E-state index in [-0.39, 0.29) is 5.97 Å². The van der Waals surface area contributed by atoms with Crippen molar-refractivity contribution in [1.82, 2.24) is 9.55 Å². The molecule has 0 aliphatic rings. The third-order valence-electron chi connectivity index (χ3n) is 4.28. The number of fused-ring (bicyclic) bond motifs is 3. The van der Waals surface area contributed by atoms with Crippen LogP contribution in [0.4, 0.5) is 0 Å². The van der Waals surface area contributed by atoms with Crippen LogP contribution in [0, 0.1) is 0 Å². The fourth-order valence-corrected chi connectivity index (χ4v) is 3.14. The zero-order chi connectivity index (χ0) is 16.5. The zero-order valence-electron chi connectivity index (χ0n) is 13.3. The van der Waals surface area contributed by atoms with Crippen molar-refractivity contribution in [1.29, 1.82) is 0 Å². The van der Waals surface area contributed by atoms with Crippen molar-refractivity contribution in [2.75, 3.05) is 7.11 Å². The van der Waals surface area contributed by atoms with Crippen LogP contribution >= 0.6 is 0 Å². The Bertz CT molecular complexity index is 1040. The minimum Gasteiger partial charge on any atom is -0.465 e. The molecule has 118 valence electrons. The molecule has 4 aromatic rings. The maximum absolute atomic E-state index is 11.9. The number of benzene rings is 2. The Hall–Kier alpha value is -3.14. The van der Waals surface area contributed by atoms with Crippen LogP contribution in [0.15, 0.2) is 67.0 Å². The summed E-state index contributed by atoms with van der Waals surface area (Å²) >= 11 is 0. The molecule has 2 aromatic carbocycles. The van der Waals surface area contributed by atoms with Crippen molar-refractivity contribution in [3.63, 3.8) is 0 Å². The summed E-state index contributed by atoms with van der Waals surface area (Å²) in [4.78, 5) is 16.0. The van der Waals surface area contributed by atoms with Crippen molar-refractivity contribution >= 4 is 27.8 Å². The number of nitrogens with zero attached hydrogens (tertiary/aromatic N) is 2. The average Bonchev–Trinajstić information content (AvgIpc) is 2.95. The number of pyridine rings is 1. The second-order valence-corrected chi connectivity index (χ2v) is 5.68. The molecule has 0 fully saturated rings. The molecular weight excluding hydrogens is 300 g/mol. The highest BCUT2D eigenvalue weighted by atomic mass is 16.5. The predicted octanol–water partition coefficient (Wildman–Crippen LogP) is 4.02. The van der Waals surface area contributed by atoms with E-state index in [1.807, 2.05) is 42.5 Å². The quantitative estimate of drug-likeness (QED) is 0.536. The Balaban J connectivity index is 1.98. The van der Waals surface area contributed by atoms with Gasteiger partial charge in [0.1, 0.15) is 0 Å². The van der Waals surface area contributed by atoms with Gasteiger partial charge in [-0.05, 0) is 35.9 Å². The number of aromatic nitrogens is 2. The van der Waals surface area contributed by atoms with Crippen molar-refractivity contribution in [2.45, 2.75) is 6.54 Å². The minimum atomic E-state index is -0.322. The largest absolute Gasteiger partial charge is 0.465 e. The van der Waals surface area contributed by atoms with Gasteiger partial charge in [0.05, 0.1) is 18.2 Å². The van der Waals surface area contributed by atoms with Gasteiger partial charge in [0, 0.05) is 35.2 Å². The van der Waals surface area contributed by atoms with Gasteiger partial charge in [-0.25, -0.2) is 4.79 Å². The lowest BCUT2D eigenvalue weighted by atomic mass is 10.1. The fourth-order valence-electron chi connectivity index (χ4n) is 3.14. The average molecular weight is 316 g/mol. The van der Waals surface area contributed by atoms with Crippen LogP contribution in [0.1, 0.15) is 15.9 Å². The molecule has 4 heteroatoms. The SMILES string of the molecule is COC(=O)c1ccc2c3ccccc3n(Cc3ccncc3)c2c1. The van der Waals surface area contributed by atoms with E-state index in [2.05, 4.69) is 21.7 Å². The highest BCUT2D eigenvalue weighted by Gasteiger charge is 2.13. The van der Waals surface area contributed by atoms with Crippen molar-refractivity contribution in [2.24, 2.45) is 0 Å². The lowest BCUT2D eigenvalue weighted by Crippen LogP contribution is -2.03. The standard InChI is InChI=1S/C20H16N2O2/c1-24-20(23)15-6-7-17-16-4-2-3-5-18(16)22(19(17)12-15)13-14-8-10-21-11-9-14/h2-12H,13H2,1H3. The highest BCUT2D eigenvalue weighted by Crippen LogP contribution is 2.30. The van der Waals surface area contributed by atoms with E-state index in [1.54, 1.807) is 12.4 Å². The van der Waals surface area contributed by atoms with E-state index in [1.165, 1.54) is 12.5 Å². The fraction of sp³-hybridized carbons (Fsp3) is 0.100. The summed E-state index contributed by atoms with van der Waals surface area (Å²) in [6.07, 6.45) is 3.59. The Morgan fingerprint density at radius 2 is 1.75 bits per heavy atom. The molecule has 0 aliphatic heterocycles. The molecular formula is C20H16N2O2. The summed E-state index contributed by atoms with van der Waals surface area (Å²) in [5, 5.41) is 2.31. The molecule has 0 amide bonds. The maximum atomic E-state index is 11.9. The molecule has 2 heterocycles. The lowest BCUT2D eigenvalue weighted by molar-refractivity contribution is 0.0601. The molecule has 0 atom stereocenters. The number of carbonyl (C=O) groups is 1. The number of para-hydroxylation sites is 1. The lowest BCUT2D eigenvalue weighted by Gasteiger charge is -2.08. The van der Waals surface area contributed by atoms with Crippen LogP contribution in [-0.4, -0.2) is 22.6 Å². The summed E-state index contributed by atoms with van der Waals surface area (Å²) in [7, 11) is 1.40. The first kappa shape index (κ1) is 14.5. The van der Waals surface area contributed by atoms with Crippen molar-refractivity contribution in [3.8, 4) is 0 Å². The second-order valence-electron chi connectivity index (χ2n) is 5.68. The van der Waals surface area contributed by atoms with E-state index in [0.717, 1.165) is 28.5 Å². The van der Waals surface area contributed by atoms with Gasteiger partial charge < -0.3 is 9.30 Å². The first-order valence-electron chi connectivity index (χ1n) is 7.76. The van der Waals surface area contributed by atoms with E-state index in [4.69, 9.17) is 4.74 Å². The van der Waals surface area contributed by atoms with Gasteiger partial charge in [0.25, 0.3) is 0 Å². The van der Waals surface area contributed by atoms with Gasteiger partial charge in [0.15, 0.2) is 0 Å². The second kappa shape index (κ2) is 5.81. The number of hydrogen-bond donors (Lipinski definition) is 0. The molecule has 4 rings (SSSR count). The first-order valence-corrected chi connectivity index (χ1v) is 7.76. The Morgan fingerprint density at radius 1 is 1.00 bits per heavy atom. The molecule has 0 bridgehead atoms. The van der Waals surface area contributed by atoms with Crippen LogP contribution in [0.3, 0.4) is 0 Å². The highest BCUT2D eigenvalue weighted by molar-refractivity contribution is 6.09. The Kier molecular flexibility index (Phi) is 3.50. The summed E-state index contributed by atoms with van der Waals surface area (Å²) in [5.41, 5.74) is 3.89. The first-order chi connectivity index (χ1) is 11.8. The summed E-state index contributed by atoms with van der Waals surface area (Å²) in [6.45, 7) is 0.719. The third-order valence-corrected chi connectivity index (χ3v) is 4.28. The number of rotatable bonds is 3. The van der Waals surface area contributed by atoms with Crippen LogP contribution < -0.4 is 0 Å². The normalized spacial score (nSPS) is 11.0. The van der Waals surface area contributed by atoms with Crippen LogP contribution in [0.25, 0.3) is 21.8 Å². The van der Waals surface area contributed by atoms with Gasteiger partial charge in [-0.15, -0.1) is 0 Å². The van der Waals surface area contributed by atoms with Crippen molar-refractivity contribution < 1.29 is 9.53 Å². The molecule has 0 unspecified atom stereocenters. The van der Waals surface area contributed by atoms with Crippen molar-refractivity contribution in [3.05, 3.63) is 78.1 Å².